The second kappa shape index (κ2) is 9.17. The number of nitrogens with zero attached hydrogens (tertiary/aromatic N) is 2. The van der Waals surface area contributed by atoms with E-state index in [9.17, 15) is 14.4 Å². The lowest BCUT2D eigenvalue weighted by atomic mass is 9.95. The molecule has 0 saturated heterocycles. The molecule has 1 atom stereocenters. The molecule has 170 valence electrons. The molecule has 0 spiro atoms. The maximum atomic E-state index is 13.5. The Morgan fingerprint density at radius 1 is 1.00 bits per heavy atom. The SMILES string of the molecule is O=C(C[N+]1=C2c3ccccc3OC2C(=O)N(CCc2ccccc2)C1=O)NC1CCCCC1. The van der Waals surface area contributed by atoms with Crippen molar-refractivity contribution in [1.82, 2.24) is 10.2 Å². The van der Waals surface area contributed by atoms with E-state index in [1.807, 2.05) is 48.5 Å². The topological polar surface area (TPSA) is 78.7 Å². The van der Waals surface area contributed by atoms with Crippen LogP contribution in [0.3, 0.4) is 0 Å². The first-order valence-corrected chi connectivity index (χ1v) is 11.7. The van der Waals surface area contributed by atoms with Crippen LogP contribution < -0.4 is 10.1 Å². The zero-order chi connectivity index (χ0) is 22.8. The Bertz CT molecular complexity index is 1110. The van der Waals surface area contributed by atoms with Crippen molar-refractivity contribution in [2.75, 3.05) is 13.1 Å². The summed E-state index contributed by atoms with van der Waals surface area (Å²) in [6.07, 6.45) is 4.96. The summed E-state index contributed by atoms with van der Waals surface area (Å²) >= 11 is 0. The summed E-state index contributed by atoms with van der Waals surface area (Å²) in [6, 6.07) is 16.7. The molecule has 0 aromatic heterocycles. The number of hydrogen-bond acceptors (Lipinski definition) is 4. The molecule has 4 amide bonds. The molecule has 0 radical (unpaired) electrons. The van der Waals surface area contributed by atoms with Crippen LogP contribution in [-0.2, 0) is 16.0 Å². The Morgan fingerprint density at radius 3 is 2.52 bits per heavy atom. The summed E-state index contributed by atoms with van der Waals surface area (Å²) in [7, 11) is 0. The lowest BCUT2D eigenvalue weighted by Crippen LogP contribution is -2.59. The molecule has 2 heterocycles. The van der Waals surface area contributed by atoms with Crippen LogP contribution >= 0.6 is 0 Å². The Balaban J connectivity index is 1.42. The quantitative estimate of drug-likeness (QED) is 0.692. The zero-order valence-electron chi connectivity index (χ0n) is 18.5. The Hall–Kier alpha value is -3.48. The minimum atomic E-state index is -0.918. The van der Waals surface area contributed by atoms with Gasteiger partial charge in [-0.1, -0.05) is 61.7 Å². The fourth-order valence-electron chi connectivity index (χ4n) is 4.95. The van der Waals surface area contributed by atoms with E-state index in [-0.39, 0.29) is 30.9 Å². The van der Waals surface area contributed by atoms with Crippen molar-refractivity contribution < 1.29 is 23.7 Å². The number of benzene rings is 2. The smallest absolute Gasteiger partial charge is 0.469 e. The molecule has 5 rings (SSSR count). The third-order valence-corrected chi connectivity index (χ3v) is 6.64. The van der Waals surface area contributed by atoms with Gasteiger partial charge in [-0.15, -0.1) is 0 Å². The summed E-state index contributed by atoms with van der Waals surface area (Å²) < 4.78 is 7.39. The first-order chi connectivity index (χ1) is 16.1. The van der Waals surface area contributed by atoms with Gasteiger partial charge in [0.25, 0.3) is 12.0 Å². The van der Waals surface area contributed by atoms with Gasteiger partial charge in [0.2, 0.25) is 0 Å². The molecule has 2 aromatic rings. The molecule has 3 aliphatic rings. The monoisotopic (exact) mass is 446 g/mol. The first-order valence-electron chi connectivity index (χ1n) is 11.7. The van der Waals surface area contributed by atoms with Gasteiger partial charge in [0.1, 0.15) is 12.3 Å². The minimum absolute atomic E-state index is 0.131. The largest absolute Gasteiger partial charge is 0.501 e. The maximum absolute atomic E-state index is 13.5. The number of para-hydroxylation sites is 1. The van der Waals surface area contributed by atoms with Crippen LogP contribution in [0.2, 0.25) is 0 Å². The van der Waals surface area contributed by atoms with E-state index in [1.54, 1.807) is 6.07 Å². The van der Waals surface area contributed by atoms with Crippen molar-refractivity contribution in [3.63, 3.8) is 0 Å². The number of hydrogen-bond donors (Lipinski definition) is 1. The number of carbonyl (C=O) groups is 3. The van der Waals surface area contributed by atoms with E-state index in [0.717, 1.165) is 31.2 Å². The summed E-state index contributed by atoms with van der Waals surface area (Å²) in [4.78, 5) is 41.0. The molecule has 7 nitrogen and oxygen atoms in total. The highest BCUT2D eigenvalue weighted by Crippen LogP contribution is 2.32. The van der Waals surface area contributed by atoms with Crippen LogP contribution in [0.5, 0.6) is 5.75 Å². The molecule has 33 heavy (non-hydrogen) atoms. The predicted molar refractivity (Wildman–Crippen MR) is 122 cm³/mol. The van der Waals surface area contributed by atoms with Crippen molar-refractivity contribution in [1.29, 1.82) is 0 Å². The van der Waals surface area contributed by atoms with E-state index >= 15 is 0 Å². The molecule has 2 aliphatic heterocycles. The van der Waals surface area contributed by atoms with Gasteiger partial charge in [-0.05, 0) is 30.5 Å². The van der Waals surface area contributed by atoms with Crippen LogP contribution in [0.25, 0.3) is 0 Å². The third kappa shape index (κ3) is 4.27. The highest BCUT2D eigenvalue weighted by Gasteiger charge is 2.53. The van der Waals surface area contributed by atoms with Crippen molar-refractivity contribution in [3.05, 3.63) is 65.7 Å². The number of nitrogens with one attached hydrogen (secondary N) is 1. The van der Waals surface area contributed by atoms with Crippen molar-refractivity contribution >= 4 is 23.6 Å². The third-order valence-electron chi connectivity index (χ3n) is 6.64. The van der Waals surface area contributed by atoms with Gasteiger partial charge >= 0.3 is 11.9 Å². The first kappa shape index (κ1) is 21.4. The Kier molecular flexibility index (Phi) is 5.94. The normalized spacial score (nSPS) is 20.4. The summed E-state index contributed by atoms with van der Waals surface area (Å²) in [5.41, 5.74) is 2.19. The highest BCUT2D eigenvalue weighted by molar-refractivity contribution is 6.22. The van der Waals surface area contributed by atoms with Gasteiger partial charge in [0.15, 0.2) is 12.3 Å². The average molecular weight is 447 g/mol. The van der Waals surface area contributed by atoms with Gasteiger partial charge in [0.05, 0.1) is 5.56 Å². The molecule has 7 heteroatoms. The average Bonchev–Trinajstić information content (AvgIpc) is 3.23. The molecular weight excluding hydrogens is 418 g/mol. The number of imide groups is 1. The number of fused-ring (bicyclic) bond motifs is 3. The Labute approximate surface area is 193 Å². The van der Waals surface area contributed by atoms with Crippen LogP contribution in [0, 0.1) is 0 Å². The standard InChI is InChI=1S/C26H27N3O4/c30-22(27-19-11-5-2-6-12-19)17-29-23-20-13-7-8-14-21(20)33-24(23)25(31)28(26(29)32)16-15-18-9-3-1-4-10-18/h1,3-4,7-10,13-14,19,24H,2,5-6,11-12,15-17H2/p+1. The lowest BCUT2D eigenvalue weighted by Gasteiger charge is -2.25. The van der Waals surface area contributed by atoms with Gasteiger partial charge in [-0.3, -0.25) is 4.79 Å². The van der Waals surface area contributed by atoms with Crippen LogP contribution in [-0.4, -0.2) is 58.3 Å². The number of urea groups is 1. The fraction of sp³-hybridized carbons (Fsp3) is 0.385. The van der Waals surface area contributed by atoms with Crippen LogP contribution in [0.15, 0.2) is 54.6 Å². The van der Waals surface area contributed by atoms with Crippen molar-refractivity contribution in [2.24, 2.45) is 0 Å². The van der Waals surface area contributed by atoms with E-state index in [2.05, 4.69) is 5.32 Å². The second-order valence-electron chi connectivity index (χ2n) is 8.88. The number of ether oxygens (including phenoxy) is 1. The summed E-state index contributed by atoms with van der Waals surface area (Å²) in [5.74, 6) is -0.0319. The molecule has 1 saturated carbocycles. The van der Waals surface area contributed by atoms with Crippen LogP contribution in [0.4, 0.5) is 4.79 Å². The second-order valence-corrected chi connectivity index (χ2v) is 8.88. The summed E-state index contributed by atoms with van der Waals surface area (Å²) in [5, 5.41) is 3.08. The van der Waals surface area contributed by atoms with Crippen LogP contribution in [0.1, 0.15) is 43.2 Å². The zero-order valence-corrected chi connectivity index (χ0v) is 18.5. The predicted octanol–water partition coefficient (Wildman–Crippen LogP) is 2.90. The lowest BCUT2D eigenvalue weighted by molar-refractivity contribution is -0.429. The van der Waals surface area contributed by atoms with Crippen molar-refractivity contribution in [3.8, 4) is 5.75 Å². The minimum Gasteiger partial charge on any atom is -0.469 e. The van der Waals surface area contributed by atoms with E-state index in [0.29, 0.717) is 23.4 Å². The number of amides is 4. The van der Waals surface area contributed by atoms with E-state index < -0.39 is 12.1 Å². The molecule has 1 fully saturated rings. The molecular formula is C26H28N3O4+. The van der Waals surface area contributed by atoms with Gasteiger partial charge < -0.3 is 10.1 Å². The Morgan fingerprint density at radius 2 is 1.73 bits per heavy atom. The molecule has 1 aliphatic carbocycles. The molecule has 1 N–H and O–H groups in total. The highest BCUT2D eigenvalue weighted by atomic mass is 16.5. The summed E-state index contributed by atoms with van der Waals surface area (Å²) in [6.45, 7) is 0.0971. The van der Waals surface area contributed by atoms with Gasteiger partial charge in [0, 0.05) is 12.5 Å². The van der Waals surface area contributed by atoms with Crippen molar-refractivity contribution in [2.45, 2.75) is 50.7 Å². The molecule has 1 unspecified atom stereocenters. The maximum Gasteiger partial charge on any atom is 0.501 e. The van der Waals surface area contributed by atoms with Gasteiger partial charge in [-0.2, -0.15) is 14.3 Å². The van der Waals surface area contributed by atoms with E-state index in [4.69, 9.17) is 4.74 Å². The molecule has 0 bridgehead atoms. The molecule has 2 aromatic carbocycles. The fourth-order valence-corrected chi connectivity index (χ4v) is 4.95. The number of carbonyl (C=O) groups excluding carboxylic acids is 3. The van der Waals surface area contributed by atoms with Gasteiger partial charge in [-0.25, -0.2) is 4.79 Å². The number of rotatable bonds is 6. The van der Waals surface area contributed by atoms with E-state index in [1.165, 1.54) is 15.9 Å².